The summed E-state index contributed by atoms with van der Waals surface area (Å²) in [7, 11) is 1.55. The van der Waals surface area contributed by atoms with Gasteiger partial charge in [-0.15, -0.1) is 0 Å². The van der Waals surface area contributed by atoms with Crippen molar-refractivity contribution in [1.29, 1.82) is 0 Å². The maximum atomic E-state index is 13.6. The summed E-state index contributed by atoms with van der Waals surface area (Å²) in [6.07, 6.45) is 0. The molecule has 0 bridgehead atoms. The summed E-state index contributed by atoms with van der Waals surface area (Å²) in [6.45, 7) is 5.89. The van der Waals surface area contributed by atoms with Crippen LogP contribution in [0.1, 0.15) is 22.3 Å². The number of methoxy groups -OCH3 is 1. The Morgan fingerprint density at radius 2 is 1.42 bits per heavy atom. The zero-order chi connectivity index (χ0) is 22.1. The molecule has 0 aliphatic carbocycles. The van der Waals surface area contributed by atoms with Gasteiger partial charge in [0.15, 0.2) is 0 Å². The molecule has 0 spiro atoms. The predicted molar refractivity (Wildman–Crippen MR) is 123 cm³/mol. The standard InChI is InChI=1S/C26H24N2O3/c1-16-9-11-19(12-10-16)27-24-23(21-7-5-6-8-22(21)31-4)25(29)28(26(24)30)20-14-17(2)13-18(3)15-20/h5-15,27H,1-4H3. The molecule has 1 aliphatic heterocycles. The highest BCUT2D eigenvalue weighted by Gasteiger charge is 2.41. The van der Waals surface area contributed by atoms with E-state index < -0.39 is 5.91 Å². The molecule has 0 atom stereocenters. The van der Waals surface area contributed by atoms with Gasteiger partial charge in [-0.3, -0.25) is 9.59 Å². The first-order valence-corrected chi connectivity index (χ1v) is 10.1. The number of amides is 2. The summed E-state index contributed by atoms with van der Waals surface area (Å²) in [6, 6.07) is 20.6. The maximum Gasteiger partial charge on any atom is 0.282 e. The number of rotatable bonds is 5. The molecule has 3 aromatic carbocycles. The van der Waals surface area contributed by atoms with Gasteiger partial charge in [-0.1, -0.05) is 42.0 Å². The van der Waals surface area contributed by atoms with E-state index in [2.05, 4.69) is 5.32 Å². The molecular formula is C26H24N2O3. The average Bonchev–Trinajstić information content (AvgIpc) is 2.98. The molecule has 0 saturated heterocycles. The normalized spacial score (nSPS) is 13.7. The molecule has 0 saturated carbocycles. The molecular weight excluding hydrogens is 388 g/mol. The summed E-state index contributed by atoms with van der Waals surface area (Å²) >= 11 is 0. The van der Waals surface area contributed by atoms with Gasteiger partial charge in [-0.25, -0.2) is 4.90 Å². The number of benzene rings is 3. The minimum Gasteiger partial charge on any atom is -0.496 e. The first-order chi connectivity index (χ1) is 14.9. The van der Waals surface area contributed by atoms with Crippen LogP contribution in [0.4, 0.5) is 11.4 Å². The van der Waals surface area contributed by atoms with Crippen molar-refractivity contribution in [1.82, 2.24) is 0 Å². The van der Waals surface area contributed by atoms with Gasteiger partial charge in [0.05, 0.1) is 18.4 Å². The first-order valence-electron chi connectivity index (χ1n) is 10.1. The molecule has 1 aliphatic rings. The molecule has 31 heavy (non-hydrogen) atoms. The van der Waals surface area contributed by atoms with Crippen molar-refractivity contribution >= 4 is 28.8 Å². The zero-order valence-corrected chi connectivity index (χ0v) is 18.0. The van der Waals surface area contributed by atoms with Crippen LogP contribution in [0.3, 0.4) is 0 Å². The number of aryl methyl sites for hydroxylation is 3. The third kappa shape index (κ3) is 3.82. The van der Waals surface area contributed by atoms with E-state index in [-0.39, 0.29) is 11.6 Å². The van der Waals surface area contributed by atoms with Gasteiger partial charge in [0.25, 0.3) is 11.8 Å². The van der Waals surface area contributed by atoms with E-state index in [4.69, 9.17) is 4.74 Å². The van der Waals surface area contributed by atoms with E-state index >= 15 is 0 Å². The third-order valence-corrected chi connectivity index (χ3v) is 5.25. The van der Waals surface area contributed by atoms with Crippen LogP contribution in [0.25, 0.3) is 5.57 Å². The predicted octanol–water partition coefficient (Wildman–Crippen LogP) is 5.02. The van der Waals surface area contributed by atoms with Crippen molar-refractivity contribution in [3.05, 3.63) is 94.7 Å². The lowest BCUT2D eigenvalue weighted by molar-refractivity contribution is -0.120. The first kappa shape index (κ1) is 20.4. The second kappa shape index (κ2) is 8.11. The highest BCUT2D eigenvalue weighted by atomic mass is 16.5. The second-order valence-electron chi connectivity index (χ2n) is 7.73. The number of hydrogen-bond donors (Lipinski definition) is 1. The topological polar surface area (TPSA) is 58.6 Å². The number of carbonyl (C=O) groups is 2. The summed E-state index contributed by atoms with van der Waals surface area (Å²) in [5, 5.41) is 3.19. The summed E-state index contributed by atoms with van der Waals surface area (Å²) in [5.74, 6) is -0.241. The fourth-order valence-electron chi connectivity index (χ4n) is 3.84. The molecule has 0 unspecified atom stereocenters. The zero-order valence-electron chi connectivity index (χ0n) is 18.0. The van der Waals surface area contributed by atoms with Gasteiger partial charge < -0.3 is 10.1 Å². The van der Waals surface area contributed by atoms with Crippen molar-refractivity contribution in [2.24, 2.45) is 0 Å². The number of ether oxygens (including phenoxy) is 1. The maximum absolute atomic E-state index is 13.6. The molecule has 4 rings (SSSR count). The fourth-order valence-corrected chi connectivity index (χ4v) is 3.84. The number of anilines is 2. The van der Waals surface area contributed by atoms with Crippen molar-refractivity contribution in [3.8, 4) is 5.75 Å². The van der Waals surface area contributed by atoms with Crippen molar-refractivity contribution in [2.75, 3.05) is 17.3 Å². The SMILES string of the molecule is COc1ccccc1C1=C(Nc2ccc(C)cc2)C(=O)N(c2cc(C)cc(C)c2)C1=O. The van der Waals surface area contributed by atoms with Gasteiger partial charge in [-0.2, -0.15) is 0 Å². The van der Waals surface area contributed by atoms with Crippen molar-refractivity contribution < 1.29 is 14.3 Å². The van der Waals surface area contributed by atoms with Crippen LogP contribution < -0.4 is 15.0 Å². The largest absolute Gasteiger partial charge is 0.496 e. The third-order valence-electron chi connectivity index (χ3n) is 5.25. The van der Waals surface area contributed by atoms with E-state index in [9.17, 15) is 9.59 Å². The Bertz CT molecular complexity index is 1190. The molecule has 0 fully saturated rings. The van der Waals surface area contributed by atoms with Gasteiger partial charge in [-0.05, 0) is 62.2 Å². The van der Waals surface area contributed by atoms with Gasteiger partial charge in [0.1, 0.15) is 11.4 Å². The van der Waals surface area contributed by atoms with Crippen LogP contribution in [0.2, 0.25) is 0 Å². The Hall–Kier alpha value is -3.86. The molecule has 0 radical (unpaired) electrons. The molecule has 5 nitrogen and oxygen atoms in total. The van der Waals surface area contributed by atoms with Crippen LogP contribution in [0.15, 0.2) is 72.4 Å². The van der Waals surface area contributed by atoms with Crippen LogP contribution in [0.5, 0.6) is 5.75 Å². The van der Waals surface area contributed by atoms with Crippen LogP contribution in [-0.4, -0.2) is 18.9 Å². The van der Waals surface area contributed by atoms with E-state index in [0.29, 0.717) is 22.6 Å². The van der Waals surface area contributed by atoms with E-state index in [1.807, 2.05) is 75.4 Å². The van der Waals surface area contributed by atoms with Crippen LogP contribution in [0, 0.1) is 20.8 Å². The van der Waals surface area contributed by atoms with Crippen molar-refractivity contribution in [2.45, 2.75) is 20.8 Å². The number of nitrogens with one attached hydrogen (secondary N) is 1. The Kier molecular flexibility index (Phi) is 5.34. The van der Waals surface area contributed by atoms with Gasteiger partial charge in [0.2, 0.25) is 0 Å². The van der Waals surface area contributed by atoms with Gasteiger partial charge >= 0.3 is 0 Å². The van der Waals surface area contributed by atoms with E-state index in [1.165, 1.54) is 4.90 Å². The monoisotopic (exact) mass is 412 g/mol. The Morgan fingerprint density at radius 1 is 0.774 bits per heavy atom. The lowest BCUT2D eigenvalue weighted by atomic mass is 10.0. The van der Waals surface area contributed by atoms with Crippen molar-refractivity contribution in [3.63, 3.8) is 0 Å². The second-order valence-corrected chi connectivity index (χ2v) is 7.73. The Balaban J connectivity index is 1.87. The number of carbonyl (C=O) groups excluding carboxylic acids is 2. The average molecular weight is 412 g/mol. The molecule has 1 N–H and O–H groups in total. The number of hydrogen-bond acceptors (Lipinski definition) is 4. The highest BCUT2D eigenvalue weighted by Crippen LogP contribution is 2.37. The summed E-state index contributed by atoms with van der Waals surface area (Å²) in [5.41, 5.74) is 5.46. The molecule has 2 amide bonds. The number of imide groups is 1. The Morgan fingerprint density at radius 3 is 2.06 bits per heavy atom. The lowest BCUT2D eigenvalue weighted by Gasteiger charge is -2.17. The van der Waals surface area contributed by atoms with E-state index in [1.54, 1.807) is 19.2 Å². The lowest BCUT2D eigenvalue weighted by Crippen LogP contribution is -2.32. The molecule has 156 valence electrons. The van der Waals surface area contributed by atoms with Crippen LogP contribution in [-0.2, 0) is 9.59 Å². The smallest absolute Gasteiger partial charge is 0.282 e. The molecule has 1 heterocycles. The van der Waals surface area contributed by atoms with E-state index in [0.717, 1.165) is 22.4 Å². The minimum atomic E-state index is -0.392. The quantitative estimate of drug-likeness (QED) is 0.598. The number of nitrogens with zero attached hydrogens (tertiary/aromatic N) is 1. The minimum absolute atomic E-state index is 0.234. The fraction of sp³-hybridized carbons (Fsp3) is 0.154. The molecule has 0 aromatic heterocycles. The molecule has 5 heteroatoms. The highest BCUT2D eigenvalue weighted by molar-refractivity contribution is 6.46. The number of para-hydroxylation sites is 1. The summed E-state index contributed by atoms with van der Waals surface area (Å²) < 4.78 is 5.49. The van der Waals surface area contributed by atoms with Crippen LogP contribution >= 0.6 is 0 Å². The summed E-state index contributed by atoms with van der Waals surface area (Å²) in [4.78, 5) is 28.4. The molecule has 3 aromatic rings. The Labute approximate surface area is 182 Å². The van der Waals surface area contributed by atoms with Gasteiger partial charge in [0, 0.05) is 11.3 Å².